The number of carbonyl (C=O) groups is 1. The first kappa shape index (κ1) is 33.7. The maximum atomic E-state index is 13.8. The van der Waals surface area contributed by atoms with Gasteiger partial charge in [0, 0.05) is 17.4 Å². The van der Waals surface area contributed by atoms with Gasteiger partial charge in [-0.1, -0.05) is 91.7 Å². The van der Waals surface area contributed by atoms with E-state index in [1.807, 2.05) is 11.6 Å². The number of hydrogen-bond donors (Lipinski definition) is 1. The molecular formula is C35H28ClF3N4O5S. The molecule has 0 aliphatic rings. The quantitative estimate of drug-likeness (QED) is 0.157. The highest BCUT2D eigenvalue weighted by Gasteiger charge is 2.35. The second-order valence-electron chi connectivity index (χ2n) is 11.2. The number of sulfonamides is 1. The lowest BCUT2D eigenvalue weighted by Gasteiger charge is -2.12. The summed E-state index contributed by atoms with van der Waals surface area (Å²) in [5.74, 6) is -1.04. The SMILES string of the molecule is CCCCc1nn(-c2ccccc2C(F)(F)F)c(=O)n1Cc1ccc(-c2ccccc2S(=O)(=O)NC(=O)c2oc3ccccc3c2Cl)cc1. The third-order valence-corrected chi connectivity index (χ3v) is 9.65. The van der Waals surface area contributed by atoms with Gasteiger partial charge in [0.2, 0.25) is 5.76 Å². The van der Waals surface area contributed by atoms with Gasteiger partial charge >= 0.3 is 17.8 Å². The third-order valence-electron chi connectivity index (χ3n) is 7.88. The molecule has 0 unspecified atom stereocenters. The third kappa shape index (κ3) is 6.76. The molecule has 0 aliphatic heterocycles. The van der Waals surface area contributed by atoms with Crippen molar-refractivity contribution >= 4 is 38.5 Å². The Morgan fingerprint density at radius 2 is 1.61 bits per heavy atom. The molecule has 252 valence electrons. The predicted molar refractivity (Wildman–Crippen MR) is 178 cm³/mol. The van der Waals surface area contributed by atoms with Crippen LogP contribution < -0.4 is 10.4 Å². The number of amides is 1. The summed E-state index contributed by atoms with van der Waals surface area (Å²) >= 11 is 6.31. The van der Waals surface area contributed by atoms with Gasteiger partial charge < -0.3 is 4.42 Å². The summed E-state index contributed by atoms with van der Waals surface area (Å²) in [7, 11) is -4.41. The summed E-state index contributed by atoms with van der Waals surface area (Å²) in [5, 5.41) is 4.75. The van der Waals surface area contributed by atoms with E-state index in [-0.39, 0.29) is 27.9 Å². The maximum absolute atomic E-state index is 13.8. The molecule has 0 spiro atoms. The van der Waals surface area contributed by atoms with E-state index in [0.717, 1.165) is 17.2 Å². The lowest BCUT2D eigenvalue weighted by atomic mass is 10.0. The summed E-state index contributed by atoms with van der Waals surface area (Å²) in [6.45, 7) is 1.97. The molecule has 0 saturated carbocycles. The number of para-hydroxylation sites is 2. The smallest absolute Gasteiger partial charge is 0.418 e. The summed E-state index contributed by atoms with van der Waals surface area (Å²) in [5.41, 5.74) is -0.314. The molecular weight excluding hydrogens is 681 g/mol. The highest BCUT2D eigenvalue weighted by Crippen LogP contribution is 2.34. The van der Waals surface area contributed by atoms with Crippen molar-refractivity contribution in [2.45, 2.75) is 43.8 Å². The second kappa shape index (κ2) is 13.4. The zero-order valence-corrected chi connectivity index (χ0v) is 27.4. The van der Waals surface area contributed by atoms with E-state index in [1.165, 1.54) is 34.9 Å². The van der Waals surface area contributed by atoms with Crippen molar-refractivity contribution in [3.63, 3.8) is 0 Å². The first-order valence-corrected chi connectivity index (χ1v) is 17.0. The lowest BCUT2D eigenvalue weighted by molar-refractivity contribution is -0.137. The van der Waals surface area contributed by atoms with Crippen LogP contribution >= 0.6 is 11.6 Å². The van der Waals surface area contributed by atoms with Crippen LogP contribution in [0.25, 0.3) is 27.8 Å². The van der Waals surface area contributed by atoms with E-state index in [9.17, 15) is 31.2 Å². The van der Waals surface area contributed by atoms with Crippen LogP contribution in [-0.4, -0.2) is 28.7 Å². The Morgan fingerprint density at radius 1 is 0.939 bits per heavy atom. The molecule has 9 nitrogen and oxygen atoms in total. The summed E-state index contributed by atoms with van der Waals surface area (Å²) in [4.78, 5) is 26.4. The van der Waals surface area contributed by atoms with Crippen molar-refractivity contribution in [2.75, 3.05) is 0 Å². The van der Waals surface area contributed by atoms with E-state index in [1.54, 1.807) is 60.7 Å². The minimum Gasteiger partial charge on any atom is -0.449 e. The van der Waals surface area contributed by atoms with Gasteiger partial charge in [0.05, 0.1) is 27.7 Å². The summed E-state index contributed by atoms with van der Waals surface area (Å²) in [6, 6.07) is 24.2. The normalized spacial score (nSPS) is 12.0. The molecule has 2 heterocycles. The summed E-state index contributed by atoms with van der Waals surface area (Å²) < 4.78 is 78.0. The standard InChI is InChI=1S/C35H28ClF3N4O5S/c1-2-3-16-30-40-43(27-13-7-6-12-26(27)35(37,38)39)34(45)42(30)21-22-17-19-23(20-18-22)24-10-5-9-15-29(24)49(46,47)41-33(44)32-31(36)25-11-4-8-14-28(25)48-32/h4-15,17-20H,2-3,16,21H2,1H3,(H,41,44). The van der Waals surface area contributed by atoms with E-state index < -0.39 is 33.4 Å². The van der Waals surface area contributed by atoms with Crippen LogP contribution in [0.1, 0.15) is 47.3 Å². The Hall–Kier alpha value is -5.14. The lowest BCUT2D eigenvalue weighted by Crippen LogP contribution is -2.30. The number of furan rings is 1. The predicted octanol–water partition coefficient (Wildman–Crippen LogP) is 7.63. The van der Waals surface area contributed by atoms with Gasteiger partial charge in [-0.3, -0.25) is 9.36 Å². The van der Waals surface area contributed by atoms with Gasteiger partial charge in [0.1, 0.15) is 11.4 Å². The number of carbonyl (C=O) groups excluding carboxylic acids is 1. The molecule has 0 fully saturated rings. The number of aryl methyl sites for hydroxylation is 1. The molecule has 0 bridgehead atoms. The van der Waals surface area contributed by atoms with Crippen molar-refractivity contribution in [1.29, 1.82) is 0 Å². The van der Waals surface area contributed by atoms with Crippen molar-refractivity contribution < 1.29 is 30.8 Å². The van der Waals surface area contributed by atoms with Gasteiger partial charge in [-0.25, -0.2) is 17.9 Å². The number of halogens is 4. The Morgan fingerprint density at radius 3 is 2.33 bits per heavy atom. The topological polar surface area (TPSA) is 116 Å². The second-order valence-corrected chi connectivity index (χ2v) is 13.2. The first-order valence-electron chi connectivity index (χ1n) is 15.2. The number of unbranched alkanes of at least 4 members (excludes halogenated alkanes) is 1. The largest absolute Gasteiger partial charge is 0.449 e. The number of benzene rings is 4. The molecule has 1 amide bonds. The average Bonchev–Trinajstić information content (AvgIpc) is 3.59. The Balaban J connectivity index is 1.29. The van der Waals surface area contributed by atoms with Gasteiger partial charge in [-0.2, -0.15) is 17.9 Å². The Kier molecular flexibility index (Phi) is 9.23. The Bertz CT molecular complexity index is 2350. The van der Waals surface area contributed by atoms with Crippen molar-refractivity contribution in [2.24, 2.45) is 0 Å². The van der Waals surface area contributed by atoms with Crippen molar-refractivity contribution in [1.82, 2.24) is 19.1 Å². The number of alkyl halides is 3. The van der Waals surface area contributed by atoms with Crippen LogP contribution in [0.15, 0.2) is 111 Å². The maximum Gasteiger partial charge on any atom is 0.418 e. The number of rotatable bonds is 10. The molecule has 0 aliphatic carbocycles. The molecule has 1 N–H and O–H groups in total. The highest BCUT2D eigenvalue weighted by molar-refractivity contribution is 7.90. The van der Waals surface area contributed by atoms with E-state index in [2.05, 4.69) is 5.10 Å². The Labute approximate surface area is 283 Å². The molecule has 49 heavy (non-hydrogen) atoms. The molecule has 2 aromatic heterocycles. The minimum atomic E-state index is -4.69. The van der Waals surface area contributed by atoms with Crippen LogP contribution in [0.4, 0.5) is 13.2 Å². The van der Waals surface area contributed by atoms with Crippen LogP contribution in [-0.2, 0) is 29.2 Å². The number of nitrogens with one attached hydrogen (secondary N) is 1. The monoisotopic (exact) mass is 708 g/mol. The van der Waals surface area contributed by atoms with Crippen molar-refractivity contribution in [3.05, 3.63) is 135 Å². The highest BCUT2D eigenvalue weighted by atomic mass is 35.5. The average molecular weight is 709 g/mol. The van der Waals surface area contributed by atoms with Crippen LogP contribution in [0.3, 0.4) is 0 Å². The molecule has 6 aromatic rings. The minimum absolute atomic E-state index is 0.0145. The molecule has 6 rings (SSSR count). The van der Waals surface area contributed by atoms with E-state index >= 15 is 0 Å². The number of hydrogen-bond acceptors (Lipinski definition) is 6. The zero-order valence-electron chi connectivity index (χ0n) is 25.9. The van der Waals surface area contributed by atoms with Crippen LogP contribution in [0.5, 0.6) is 0 Å². The van der Waals surface area contributed by atoms with Gasteiger partial charge in [-0.15, -0.1) is 5.10 Å². The fourth-order valence-corrected chi connectivity index (χ4v) is 6.93. The van der Waals surface area contributed by atoms with Gasteiger partial charge in [0.15, 0.2) is 0 Å². The molecule has 0 radical (unpaired) electrons. The van der Waals surface area contributed by atoms with Gasteiger partial charge in [0.25, 0.3) is 10.0 Å². The number of fused-ring (bicyclic) bond motifs is 1. The van der Waals surface area contributed by atoms with Crippen molar-refractivity contribution in [3.8, 4) is 16.8 Å². The fraction of sp³-hybridized carbons (Fsp3) is 0.171. The summed E-state index contributed by atoms with van der Waals surface area (Å²) in [6.07, 6.45) is -2.86. The van der Waals surface area contributed by atoms with Crippen LogP contribution in [0.2, 0.25) is 5.02 Å². The van der Waals surface area contributed by atoms with Crippen LogP contribution in [0, 0.1) is 0 Å². The molecule has 0 atom stereocenters. The number of aromatic nitrogens is 3. The molecule has 0 saturated heterocycles. The van der Waals surface area contributed by atoms with Gasteiger partial charge in [-0.05, 0) is 47.9 Å². The fourth-order valence-electron chi connectivity index (χ4n) is 5.47. The zero-order chi connectivity index (χ0) is 34.9. The van der Waals surface area contributed by atoms with E-state index in [4.69, 9.17) is 16.0 Å². The number of nitrogens with zero attached hydrogens (tertiary/aromatic N) is 3. The molecule has 4 aromatic carbocycles. The van der Waals surface area contributed by atoms with E-state index in [0.29, 0.717) is 46.3 Å². The molecule has 14 heteroatoms. The first-order chi connectivity index (χ1) is 23.4.